The van der Waals surface area contributed by atoms with Crippen LogP contribution in [0.5, 0.6) is 0 Å². The van der Waals surface area contributed by atoms with Crippen LogP contribution in [0.25, 0.3) is 0 Å². The Morgan fingerprint density at radius 1 is 1.06 bits per heavy atom. The number of esters is 2. The summed E-state index contributed by atoms with van der Waals surface area (Å²) in [5.74, 6) is -1.26. The molecule has 0 aromatic heterocycles. The van der Waals surface area contributed by atoms with Gasteiger partial charge < -0.3 is 14.2 Å². The number of carbonyl (C=O) groups excluding carboxylic acids is 2. The summed E-state index contributed by atoms with van der Waals surface area (Å²) in [4.78, 5) is 23.0. The maximum atomic E-state index is 11.7. The van der Waals surface area contributed by atoms with Crippen LogP contribution in [-0.4, -0.2) is 37.9 Å². The number of ether oxygens (including phenoxy) is 3. The Hall–Kier alpha value is -1.10. The second-order valence-corrected chi connectivity index (χ2v) is 3.60. The van der Waals surface area contributed by atoms with Gasteiger partial charge in [0, 0.05) is 6.61 Å². The van der Waals surface area contributed by atoms with Gasteiger partial charge in [0.05, 0.1) is 19.1 Å². The molecule has 0 aliphatic rings. The van der Waals surface area contributed by atoms with Gasteiger partial charge in [-0.25, -0.2) is 4.79 Å². The Labute approximate surface area is 102 Å². The van der Waals surface area contributed by atoms with Crippen molar-refractivity contribution in [2.24, 2.45) is 5.92 Å². The first-order valence-corrected chi connectivity index (χ1v) is 6.01. The number of hydrogen-bond donors (Lipinski definition) is 0. The maximum absolute atomic E-state index is 11.7. The molecule has 0 heterocycles. The molecule has 100 valence electrons. The normalized spacial score (nSPS) is 13.9. The molecule has 17 heavy (non-hydrogen) atoms. The SMILES string of the molecule is CCOCC(CC)C(=O)OC(C)C(=O)OCC. The Bertz CT molecular complexity index is 239. The van der Waals surface area contributed by atoms with E-state index in [1.54, 1.807) is 6.92 Å². The predicted octanol–water partition coefficient (Wildman–Crippen LogP) is 1.54. The largest absolute Gasteiger partial charge is 0.463 e. The highest BCUT2D eigenvalue weighted by molar-refractivity contribution is 5.80. The molecule has 0 saturated heterocycles. The number of rotatable bonds is 8. The van der Waals surface area contributed by atoms with Crippen molar-refractivity contribution < 1.29 is 23.8 Å². The van der Waals surface area contributed by atoms with Crippen LogP contribution in [0.4, 0.5) is 0 Å². The molecular weight excluding hydrogens is 224 g/mol. The van der Waals surface area contributed by atoms with E-state index in [1.807, 2.05) is 13.8 Å². The van der Waals surface area contributed by atoms with Gasteiger partial charge in [-0.2, -0.15) is 0 Å². The number of hydrogen-bond acceptors (Lipinski definition) is 5. The van der Waals surface area contributed by atoms with E-state index in [9.17, 15) is 9.59 Å². The van der Waals surface area contributed by atoms with Crippen LogP contribution < -0.4 is 0 Å². The minimum Gasteiger partial charge on any atom is -0.463 e. The van der Waals surface area contributed by atoms with Crippen molar-refractivity contribution in [2.45, 2.75) is 40.2 Å². The maximum Gasteiger partial charge on any atom is 0.347 e. The Balaban J connectivity index is 4.15. The van der Waals surface area contributed by atoms with E-state index in [-0.39, 0.29) is 12.5 Å². The molecule has 0 saturated carbocycles. The fourth-order valence-corrected chi connectivity index (χ4v) is 1.19. The lowest BCUT2D eigenvalue weighted by atomic mass is 10.1. The standard InChI is InChI=1S/C12H22O5/c1-5-10(8-15-6-2)12(14)17-9(4)11(13)16-7-3/h9-10H,5-8H2,1-4H3. The van der Waals surface area contributed by atoms with Crippen LogP contribution in [0.1, 0.15) is 34.1 Å². The molecular formula is C12H22O5. The molecule has 0 fully saturated rings. The summed E-state index contributed by atoms with van der Waals surface area (Å²) in [6.07, 6.45) is -0.243. The van der Waals surface area contributed by atoms with E-state index in [0.29, 0.717) is 19.6 Å². The first kappa shape index (κ1) is 15.9. The average molecular weight is 246 g/mol. The summed E-state index contributed by atoms with van der Waals surface area (Å²) in [5, 5.41) is 0. The quantitative estimate of drug-likeness (QED) is 0.608. The van der Waals surface area contributed by atoms with Gasteiger partial charge in [-0.3, -0.25) is 4.79 Å². The smallest absolute Gasteiger partial charge is 0.347 e. The zero-order chi connectivity index (χ0) is 13.3. The first-order chi connectivity index (χ1) is 8.06. The van der Waals surface area contributed by atoms with Gasteiger partial charge in [-0.05, 0) is 27.2 Å². The molecule has 0 bridgehead atoms. The van der Waals surface area contributed by atoms with Crippen molar-refractivity contribution in [1.29, 1.82) is 0 Å². The van der Waals surface area contributed by atoms with Gasteiger partial charge in [0.1, 0.15) is 0 Å². The highest BCUT2D eigenvalue weighted by Gasteiger charge is 2.24. The molecule has 0 aliphatic carbocycles. The number of carbonyl (C=O) groups is 2. The van der Waals surface area contributed by atoms with Crippen molar-refractivity contribution in [3.05, 3.63) is 0 Å². The summed E-state index contributed by atoms with van der Waals surface area (Å²) in [7, 11) is 0. The lowest BCUT2D eigenvalue weighted by Gasteiger charge is -2.17. The fourth-order valence-electron chi connectivity index (χ4n) is 1.19. The van der Waals surface area contributed by atoms with Gasteiger partial charge in [-0.15, -0.1) is 0 Å². The fraction of sp³-hybridized carbons (Fsp3) is 0.833. The van der Waals surface area contributed by atoms with Gasteiger partial charge in [0.2, 0.25) is 0 Å². The topological polar surface area (TPSA) is 61.8 Å². The second-order valence-electron chi connectivity index (χ2n) is 3.60. The van der Waals surface area contributed by atoms with E-state index >= 15 is 0 Å². The Kier molecular flexibility index (Phi) is 8.40. The first-order valence-electron chi connectivity index (χ1n) is 6.01. The molecule has 0 N–H and O–H groups in total. The molecule has 0 aromatic rings. The van der Waals surface area contributed by atoms with E-state index < -0.39 is 18.0 Å². The summed E-state index contributed by atoms with van der Waals surface area (Å²) in [5.41, 5.74) is 0. The Morgan fingerprint density at radius 2 is 1.71 bits per heavy atom. The molecule has 2 unspecified atom stereocenters. The van der Waals surface area contributed by atoms with Crippen LogP contribution in [0.2, 0.25) is 0 Å². The molecule has 5 nitrogen and oxygen atoms in total. The van der Waals surface area contributed by atoms with E-state index in [0.717, 1.165) is 0 Å². The molecule has 2 atom stereocenters. The molecule has 0 aromatic carbocycles. The van der Waals surface area contributed by atoms with Gasteiger partial charge in [-0.1, -0.05) is 6.92 Å². The van der Waals surface area contributed by atoms with Crippen molar-refractivity contribution in [3.63, 3.8) is 0 Å². The zero-order valence-corrected chi connectivity index (χ0v) is 11.0. The summed E-state index contributed by atoms with van der Waals surface area (Å²) >= 11 is 0. The van der Waals surface area contributed by atoms with Gasteiger partial charge >= 0.3 is 11.9 Å². The lowest BCUT2D eigenvalue weighted by Crippen LogP contribution is -2.31. The minimum atomic E-state index is -0.863. The van der Waals surface area contributed by atoms with E-state index in [2.05, 4.69) is 0 Å². The van der Waals surface area contributed by atoms with Crippen LogP contribution in [0.3, 0.4) is 0 Å². The molecule has 0 amide bonds. The van der Waals surface area contributed by atoms with Crippen LogP contribution in [0.15, 0.2) is 0 Å². The van der Waals surface area contributed by atoms with Gasteiger partial charge in [0.15, 0.2) is 6.10 Å². The minimum absolute atomic E-state index is 0.275. The third-order valence-electron chi connectivity index (χ3n) is 2.26. The van der Waals surface area contributed by atoms with Crippen molar-refractivity contribution in [2.75, 3.05) is 19.8 Å². The van der Waals surface area contributed by atoms with Crippen LogP contribution in [0, 0.1) is 5.92 Å². The molecule has 5 heteroatoms. The third kappa shape index (κ3) is 6.26. The van der Waals surface area contributed by atoms with Crippen molar-refractivity contribution >= 4 is 11.9 Å². The summed E-state index contributed by atoms with van der Waals surface area (Å²) in [6.45, 7) is 8.09. The zero-order valence-electron chi connectivity index (χ0n) is 11.0. The molecule has 0 rings (SSSR count). The van der Waals surface area contributed by atoms with E-state index in [1.165, 1.54) is 6.92 Å². The van der Waals surface area contributed by atoms with Crippen molar-refractivity contribution in [1.82, 2.24) is 0 Å². The van der Waals surface area contributed by atoms with Crippen LogP contribution >= 0.6 is 0 Å². The lowest BCUT2D eigenvalue weighted by molar-refractivity contribution is -0.170. The van der Waals surface area contributed by atoms with Crippen LogP contribution in [-0.2, 0) is 23.8 Å². The second kappa shape index (κ2) is 8.98. The predicted molar refractivity (Wildman–Crippen MR) is 62.5 cm³/mol. The summed E-state index contributed by atoms with van der Waals surface area (Å²) in [6, 6.07) is 0. The highest BCUT2D eigenvalue weighted by Crippen LogP contribution is 2.08. The van der Waals surface area contributed by atoms with Gasteiger partial charge in [0.25, 0.3) is 0 Å². The average Bonchev–Trinajstić information content (AvgIpc) is 2.30. The molecule has 0 spiro atoms. The Morgan fingerprint density at radius 3 is 2.18 bits per heavy atom. The van der Waals surface area contributed by atoms with E-state index in [4.69, 9.17) is 14.2 Å². The highest BCUT2D eigenvalue weighted by atomic mass is 16.6. The summed E-state index contributed by atoms with van der Waals surface area (Å²) < 4.78 is 15.0. The third-order valence-corrected chi connectivity index (χ3v) is 2.26. The monoisotopic (exact) mass is 246 g/mol. The molecule has 0 radical (unpaired) electrons. The molecule has 0 aliphatic heterocycles. The van der Waals surface area contributed by atoms with Crippen molar-refractivity contribution in [3.8, 4) is 0 Å².